The van der Waals surface area contributed by atoms with Crippen molar-refractivity contribution in [1.82, 2.24) is 10.2 Å². The van der Waals surface area contributed by atoms with Crippen LogP contribution in [0.4, 0.5) is 0 Å². The molecule has 0 aromatic rings. The van der Waals surface area contributed by atoms with Crippen molar-refractivity contribution in [2.75, 3.05) is 32.8 Å². The van der Waals surface area contributed by atoms with Crippen LogP contribution in [0.2, 0.25) is 0 Å². The maximum atomic E-state index is 12.4. The van der Waals surface area contributed by atoms with E-state index in [1.807, 2.05) is 0 Å². The third kappa shape index (κ3) is 4.73. The summed E-state index contributed by atoms with van der Waals surface area (Å²) in [4.78, 5) is 14.7. The molecule has 0 radical (unpaired) electrons. The molecule has 0 aromatic heterocycles. The van der Waals surface area contributed by atoms with E-state index in [4.69, 9.17) is 10.5 Å². The Morgan fingerprint density at radius 2 is 2.00 bits per heavy atom. The highest BCUT2D eigenvalue weighted by Gasteiger charge is 2.48. The molecular weight excluding hydrogens is 337 g/mol. The van der Waals surface area contributed by atoms with Gasteiger partial charge in [-0.05, 0) is 44.9 Å². The van der Waals surface area contributed by atoms with Crippen LogP contribution in [0.1, 0.15) is 33.1 Å². The molecule has 4 unspecified atom stereocenters. The van der Waals surface area contributed by atoms with E-state index < -0.39 is 0 Å². The number of nitrogens with two attached hydrogens (primary N) is 1. The van der Waals surface area contributed by atoms with E-state index in [1.165, 1.54) is 12.8 Å². The first kappa shape index (κ1) is 21.0. The average molecular weight is 368 g/mol. The van der Waals surface area contributed by atoms with Crippen LogP contribution in [0.5, 0.6) is 0 Å². The number of morpholine rings is 1. The molecule has 2 bridgehead atoms. The lowest BCUT2D eigenvalue weighted by molar-refractivity contribution is -0.127. The molecule has 4 atom stereocenters. The van der Waals surface area contributed by atoms with Gasteiger partial charge >= 0.3 is 0 Å². The van der Waals surface area contributed by atoms with Gasteiger partial charge in [-0.3, -0.25) is 9.69 Å². The third-order valence-corrected chi connectivity index (χ3v) is 5.52. The Morgan fingerprint density at radius 3 is 2.61 bits per heavy atom. The lowest BCUT2D eigenvalue weighted by Crippen LogP contribution is -2.51. The Labute approximate surface area is 151 Å². The van der Waals surface area contributed by atoms with Crippen LogP contribution in [0.15, 0.2) is 0 Å². The van der Waals surface area contributed by atoms with Crippen molar-refractivity contribution < 1.29 is 9.53 Å². The Hall–Kier alpha value is -0.0700. The SMILES string of the molecule is CC1(C)CN(CCNC(=O)C2C3CCC(C3)C2N)CCO1.Cl.Cl. The molecule has 3 rings (SSSR count). The van der Waals surface area contributed by atoms with E-state index in [9.17, 15) is 4.79 Å². The van der Waals surface area contributed by atoms with Gasteiger partial charge in [0.05, 0.1) is 18.1 Å². The number of amides is 1. The third-order valence-electron chi connectivity index (χ3n) is 5.52. The monoisotopic (exact) mass is 367 g/mol. The van der Waals surface area contributed by atoms with Crippen LogP contribution in [0.3, 0.4) is 0 Å². The van der Waals surface area contributed by atoms with E-state index in [0.717, 1.165) is 39.2 Å². The Morgan fingerprint density at radius 1 is 1.30 bits per heavy atom. The van der Waals surface area contributed by atoms with Crippen LogP contribution < -0.4 is 11.1 Å². The van der Waals surface area contributed by atoms with Crippen LogP contribution in [-0.4, -0.2) is 55.2 Å². The molecule has 5 nitrogen and oxygen atoms in total. The van der Waals surface area contributed by atoms with Crippen LogP contribution in [-0.2, 0) is 9.53 Å². The van der Waals surface area contributed by atoms with Gasteiger partial charge in [-0.25, -0.2) is 0 Å². The minimum Gasteiger partial charge on any atom is -0.373 e. The van der Waals surface area contributed by atoms with E-state index >= 15 is 0 Å². The first-order chi connectivity index (χ1) is 9.96. The lowest BCUT2D eigenvalue weighted by atomic mass is 9.84. The molecule has 1 amide bonds. The van der Waals surface area contributed by atoms with E-state index in [2.05, 4.69) is 24.1 Å². The molecule has 2 saturated carbocycles. The number of rotatable bonds is 4. The molecule has 136 valence electrons. The van der Waals surface area contributed by atoms with Crippen molar-refractivity contribution in [2.24, 2.45) is 23.5 Å². The molecule has 3 N–H and O–H groups in total. The summed E-state index contributed by atoms with van der Waals surface area (Å²) in [6, 6.07) is 0.0890. The fourth-order valence-corrected chi connectivity index (χ4v) is 4.48. The van der Waals surface area contributed by atoms with E-state index in [1.54, 1.807) is 0 Å². The topological polar surface area (TPSA) is 67.6 Å². The zero-order chi connectivity index (χ0) is 15.0. The predicted molar refractivity (Wildman–Crippen MR) is 96.3 cm³/mol. The fourth-order valence-electron chi connectivity index (χ4n) is 4.48. The van der Waals surface area contributed by atoms with Crippen LogP contribution in [0.25, 0.3) is 0 Å². The van der Waals surface area contributed by atoms with Crippen molar-refractivity contribution in [3.8, 4) is 0 Å². The Bertz CT molecular complexity index is 407. The number of nitrogens with zero attached hydrogens (tertiary/aromatic N) is 1. The summed E-state index contributed by atoms with van der Waals surface area (Å²) < 4.78 is 5.71. The zero-order valence-electron chi connectivity index (χ0n) is 14.1. The largest absolute Gasteiger partial charge is 0.373 e. The maximum absolute atomic E-state index is 12.4. The Kier molecular flexibility index (Phi) is 7.61. The number of carbonyl (C=O) groups is 1. The van der Waals surface area contributed by atoms with Gasteiger partial charge in [0.1, 0.15) is 0 Å². The summed E-state index contributed by atoms with van der Waals surface area (Å²) in [7, 11) is 0. The average Bonchev–Trinajstić information content (AvgIpc) is 2.98. The van der Waals surface area contributed by atoms with Crippen molar-refractivity contribution in [2.45, 2.75) is 44.8 Å². The van der Waals surface area contributed by atoms with Gasteiger partial charge in [0, 0.05) is 32.2 Å². The van der Waals surface area contributed by atoms with E-state index in [0.29, 0.717) is 11.8 Å². The standard InChI is InChI=1S/C16H29N3O2.2ClH/c1-16(2)10-19(7-8-21-16)6-5-18-15(20)13-11-3-4-12(9-11)14(13)17;;/h11-14H,3-10,17H2,1-2H3,(H,18,20);2*1H. The van der Waals surface area contributed by atoms with Gasteiger partial charge in [-0.1, -0.05) is 0 Å². The van der Waals surface area contributed by atoms with Gasteiger partial charge in [0.25, 0.3) is 0 Å². The Balaban J connectivity index is 0.00000132. The summed E-state index contributed by atoms with van der Waals surface area (Å²) in [5.41, 5.74) is 6.15. The highest BCUT2D eigenvalue weighted by Crippen LogP contribution is 2.47. The molecule has 3 aliphatic rings. The quantitative estimate of drug-likeness (QED) is 0.788. The molecule has 7 heteroatoms. The second-order valence-electron chi connectivity index (χ2n) is 7.61. The number of hydrogen-bond donors (Lipinski definition) is 2. The lowest BCUT2D eigenvalue weighted by Gasteiger charge is -2.38. The zero-order valence-corrected chi connectivity index (χ0v) is 15.8. The molecule has 0 spiro atoms. The first-order valence-electron chi connectivity index (χ1n) is 8.36. The smallest absolute Gasteiger partial charge is 0.225 e. The molecule has 2 aliphatic carbocycles. The van der Waals surface area contributed by atoms with Crippen LogP contribution in [0, 0.1) is 17.8 Å². The second-order valence-corrected chi connectivity index (χ2v) is 7.61. The minimum absolute atomic E-state index is 0. The molecule has 0 aromatic carbocycles. The van der Waals surface area contributed by atoms with Crippen molar-refractivity contribution in [1.29, 1.82) is 0 Å². The predicted octanol–water partition coefficient (Wildman–Crippen LogP) is 1.43. The summed E-state index contributed by atoms with van der Waals surface area (Å²) in [6.07, 6.45) is 3.57. The highest BCUT2D eigenvalue weighted by atomic mass is 35.5. The van der Waals surface area contributed by atoms with Gasteiger partial charge in [-0.2, -0.15) is 0 Å². The van der Waals surface area contributed by atoms with Gasteiger partial charge in [-0.15, -0.1) is 24.8 Å². The van der Waals surface area contributed by atoms with Gasteiger partial charge in [0.2, 0.25) is 5.91 Å². The fraction of sp³-hybridized carbons (Fsp3) is 0.938. The summed E-state index contributed by atoms with van der Waals surface area (Å²) in [5, 5.41) is 3.11. The molecule has 1 saturated heterocycles. The molecule has 23 heavy (non-hydrogen) atoms. The van der Waals surface area contributed by atoms with Gasteiger partial charge < -0.3 is 15.8 Å². The highest BCUT2D eigenvalue weighted by molar-refractivity contribution is 5.85. The number of ether oxygens (including phenoxy) is 1. The summed E-state index contributed by atoms with van der Waals surface area (Å²) in [6.45, 7) is 8.50. The minimum atomic E-state index is -0.0742. The number of carbonyl (C=O) groups excluding carboxylic acids is 1. The van der Waals surface area contributed by atoms with Gasteiger partial charge in [0.15, 0.2) is 0 Å². The maximum Gasteiger partial charge on any atom is 0.225 e. The normalized spacial score (nSPS) is 35.3. The number of fused-ring (bicyclic) bond motifs is 2. The number of hydrogen-bond acceptors (Lipinski definition) is 4. The van der Waals surface area contributed by atoms with Crippen molar-refractivity contribution in [3.63, 3.8) is 0 Å². The molecule has 1 aliphatic heterocycles. The van der Waals surface area contributed by atoms with E-state index in [-0.39, 0.29) is 48.3 Å². The summed E-state index contributed by atoms with van der Waals surface area (Å²) >= 11 is 0. The molecular formula is C16H31Cl2N3O2. The van der Waals surface area contributed by atoms with Crippen LogP contribution >= 0.6 is 24.8 Å². The van der Waals surface area contributed by atoms with Crippen molar-refractivity contribution in [3.05, 3.63) is 0 Å². The first-order valence-corrected chi connectivity index (χ1v) is 8.36. The number of halogens is 2. The second kappa shape index (κ2) is 8.34. The number of nitrogens with one attached hydrogen (secondary N) is 1. The summed E-state index contributed by atoms with van der Waals surface area (Å²) in [5.74, 6) is 1.37. The van der Waals surface area contributed by atoms with Crippen molar-refractivity contribution >= 4 is 30.7 Å². The molecule has 3 fully saturated rings. The molecule has 1 heterocycles.